The molecular formula is C15H23N5. The normalized spacial score (nSPS) is 12.5. The Morgan fingerprint density at radius 2 is 2.05 bits per heavy atom. The first-order valence-electron chi connectivity index (χ1n) is 7.32. The van der Waals surface area contributed by atoms with Gasteiger partial charge in [-0.25, -0.2) is 4.98 Å². The Morgan fingerprint density at radius 3 is 2.75 bits per heavy atom. The van der Waals surface area contributed by atoms with Crippen LogP contribution in [-0.2, 0) is 19.4 Å². The number of nitrogens with one attached hydrogen (secondary N) is 1. The fourth-order valence-electron chi connectivity index (χ4n) is 2.39. The molecule has 0 aromatic carbocycles. The quantitative estimate of drug-likeness (QED) is 0.797. The van der Waals surface area contributed by atoms with Crippen LogP contribution in [0.3, 0.4) is 0 Å². The Hall–Kier alpha value is -1.75. The summed E-state index contributed by atoms with van der Waals surface area (Å²) < 4.78 is 1.97. The molecule has 0 aliphatic rings. The zero-order valence-corrected chi connectivity index (χ0v) is 12.3. The SMILES string of the molecule is CCNC(CCc1ccncc1)Cc1ncnn1CC. The molecule has 1 atom stereocenters. The molecule has 0 bridgehead atoms. The second kappa shape index (κ2) is 7.75. The molecule has 2 aromatic heterocycles. The third-order valence-electron chi connectivity index (χ3n) is 3.45. The van der Waals surface area contributed by atoms with Crippen LogP contribution in [0.25, 0.3) is 0 Å². The van der Waals surface area contributed by atoms with Crippen molar-refractivity contribution in [3.8, 4) is 0 Å². The first-order chi connectivity index (χ1) is 9.83. The van der Waals surface area contributed by atoms with Crippen LogP contribution in [-0.4, -0.2) is 32.3 Å². The fraction of sp³-hybridized carbons (Fsp3) is 0.533. The molecule has 2 rings (SSSR count). The molecule has 1 unspecified atom stereocenters. The van der Waals surface area contributed by atoms with Gasteiger partial charge >= 0.3 is 0 Å². The molecule has 2 aromatic rings. The van der Waals surface area contributed by atoms with Gasteiger partial charge < -0.3 is 5.32 Å². The highest BCUT2D eigenvalue weighted by atomic mass is 15.3. The third kappa shape index (κ3) is 4.13. The van der Waals surface area contributed by atoms with Crippen LogP contribution in [0.4, 0.5) is 0 Å². The number of hydrogen-bond donors (Lipinski definition) is 1. The Labute approximate surface area is 120 Å². The highest BCUT2D eigenvalue weighted by Gasteiger charge is 2.12. The van der Waals surface area contributed by atoms with Gasteiger partial charge in [-0.05, 0) is 44.0 Å². The van der Waals surface area contributed by atoms with Crippen molar-refractivity contribution in [1.82, 2.24) is 25.1 Å². The molecule has 0 fully saturated rings. The minimum Gasteiger partial charge on any atom is -0.314 e. The monoisotopic (exact) mass is 273 g/mol. The molecular weight excluding hydrogens is 250 g/mol. The highest BCUT2D eigenvalue weighted by Crippen LogP contribution is 2.08. The van der Waals surface area contributed by atoms with E-state index in [0.29, 0.717) is 6.04 Å². The number of nitrogens with zero attached hydrogens (tertiary/aromatic N) is 4. The van der Waals surface area contributed by atoms with Crippen LogP contribution in [0.1, 0.15) is 31.7 Å². The van der Waals surface area contributed by atoms with Gasteiger partial charge in [-0.1, -0.05) is 6.92 Å². The summed E-state index contributed by atoms with van der Waals surface area (Å²) in [4.78, 5) is 8.42. The lowest BCUT2D eigenvalue weighted by atomic mass is 10.0. The van der Waals surface area contributed by atoms with Crippen molar-refractivity contribution in [3.63, 3.8) is 0 Å². The molecule has 0 radical (unpaired) electrons. The molecule has 0 saturated heterocycles. The zero-order valence-electron chi connectivity index (χ0n) is 12.3. The van der Waals surface area contributed by atoms with Gasteiger partial charge in [-0.2, -0.15) is 5.10 Å². The van der Waals surface area contributed by atoms with E-state index in [1.165, 1.54) is 5.56 Å². The number of aromatic nitrogens is 4. The molecule has 0 spiro atoms. The summed E-state index contributed by atoms with van der Waals surface area (Å²) in [6, 6.07) is 4.59. The molecule has 5 nitrogen and oxygen atoms in total. The van der Waals surface area contributed by atoms with Crippen LogP contribution < -0.4 is 5.32 Å². The van der Waals surface area contributed by atoms with Crippen LogP contribution in [0.15, 0.2) is 30.9 Å². The molecule has 5 heteroatoms. The summed E-state index contributed by atoms with van der Waals surface area (Å²) >= 11 is 0. The summed E-state index contributed by atoms with van der Waals surface area (Å²) in [5.74, 6) is 1.06. The summed E-state index contributed by atoms with van der Waals surface area (Å²) in [7, 11) is 0. The summed E-state index contributed by atoms with van der Waals surface area (Å²) in [5.41, 5.74) is 1.33. The Morgan fingerprint density at radius 1 is 1.25 bits per heavy atom. The molecule has 2 heterocycles. The third-order valence-corrected chi connectivity index (χ3v) is 3.45. The van der Waals surface area contributed by atoms with E-state index in [1.807, 2.05) is 17.1 Å². The number of pyridine rings is 1. The molecule has 1 N–H and O–H groups in total. The van der Waals surface area contributed by atoms with Gasteiger partial charge in [0.2, 0.25) is 0 Å². The van der Waals surface area contributed by atoms with Crippen molar-refractivity contribution in [3.05, 3.63) is 42.2 Å². The van der Waals surface area contributed by atoms with Gasteiger partial charge in [0.05, 0.1) is 0 Å². The van der Waals surface area contributed by atoms with Crippen molar-refractivity contribution in [2.45, 2.75) is 45.7 Å². The lowest BCUT2D eigenvalue weighted by molar-refractivity contribution is 0.466. The fourth-order valence-corrected chi connectivity index (χ4v) is 2.39. The summed E-state index contributed by atoms with van der Waals surface area (Å²) in [6.45, 7) is 6.08. The number of aryl methyl sites for hydroxylation is 2. The maximum atomic E-state index is 4.37. The second-order valence-electron chi connectivity index (χ2n) is 4.84. The van der Waals surface area contributed by atoms with E-state index < -0.39 is 0 Å². The topological polar surface area (TPSA) is 55.6 Å². The predicted molar refractivity (Wildman–Crippen MR) is 79.4 cm³/mol. The Balaban J connectivity index is 1.93. The Bertz CT molecular complexity index is 494. The van der Waals surface area contributed by atoms with Crippen molar-refractivity contribution in [1.29, 1.82) is 0 Å². The summed E-state index contributed by atoms with van der Waals surface area (Å²) in [5, 5.41) is 7.78. The number of likely N-dealkylation sites (N-methyl/N-ethyl adjacent to an activating group) is 1. The van der Waals surface area contributed by atoms with Gasteiger partial charge in [0.25, 0.3) is 0 Å². The molecule has 0 amide bonds. The largest absolute Gasteiger partial charge is 0.314 e. The molecule has 0 aliphatic carbocycles. The second-order valence-corrected chi connectivity index (χ2v) is 4.84. The molecule has 0 saturated carbocycles. The lowest BCUT2D eigenvalue weighted by Crippen LogP contribution is -2.32. The predicted octanol–water partition coefficient (Wildman–Crippen LogP) is 1.85. The van der Waals surface area contributed by atoms with Gasteiger partial charge in [0.15, 0.2) is 0 Å². The van der Waals surface area contributed by atoms with E-state index in [1.54, 1.807) is 6.33 Å². The van der Waals surface area contributed by atoms with E-state index in [4.69, 9.17) is 0 Å². The zero-order chi connectivity index (χ0) is 14.2. The average Bonchev–Trinajstić information content (AvgIpc) is 2.93. The van der Waals surface area contributed by atoms with E-state index in [9.17, 15) is 0 Å². The minimum atomic E-state index is 0.433. The van der Waals surface area contributed by atoms with Crippen LogP contribution in [0, 0.1) is 0 Å². The first-order valence-corrected chi connectivity index (χ1v) is 7.32. The van der Waals surface area contributed by atoms with E-state index in [0.717, 1.165) is 38.2 Å². The highest BCUT2D eigenvalue weighted by molar-refractivity contribution is 5.10. The molecule has 108 valence electrons. The molecule has 0 aliphatic heterocycles. The van der Waals surface area contributed by atoms with E-state index in [2.05, 4.69) is 46.4 Å². The number of rotatable bonds is 8. The van der Waals surface area contributed by atoms with Crippen molar-refractivity contribution < 1.29 is 0 Å². The van der Waals surface area contributed by atoms with E-state index >= 15 is 0 Å². The van der Waals surface area contributed by atoms with Gasteiger partial charge in [-0.15, -0.1) is 0 Å². The van der Waals surface area contributed by atoms with Gasteiger partial charge in [0.1, 0.15) is 12.2 Å². The smallest absolute Gasteiger partial charge is 0.138 e. The number of hydrogen-bond acceptors (Lipinski definition) is 4. The van der Waals surface area contributed by atoms with Crippen LogP contribution in [0.2, 0.25) is 0 Å². The van der Waals surface area contributed by atoms with Crippen molar-refractivity contribution in [2.75, 3.05) is 6.54 Å². The average molecular weight is 273 g/mol. The van der Waals surface area contributed by atoms with Gasteiger partial charge in [0, 0.05) is 31.4 Å². The maximum absolute atomic E-state index is 4.37. The summed E-state index contributed by atoms with van der Waals surface area (Å²) in [6.07, 6.45) is 8.42. The first kappa shape index (κ1) is 14.7. The van der Waals surface area contributed by atoms with Crippen LogP contribution in [0.5, 0.6) is 0 Å². The lowest BCUT2D eigenvalue weighted by Gasteiger charge is -2.17. The maximum Gasteiger partial charge on any atom is 0.138 e. The minimum absolute atomic E-state index is 0.433. The van der Waals surface area contributed by atoms with Crippen LogP contribution >= 0.6 is 0 Å². The molecule has 20 heavy (non-hydrogen) atoms. The van der Waals surface area contributed by atoms with Gasteiger partial charge in [-0.3, -0.25) is 9.67 Å². The van der Waals surface area contributed by atoms with E-state index in [-0.39, 0.29) is 0 Å². The Kier molecular flexibility index (Phi) is 5.68. The van der Waals surface area contributed by atoms with Crippen molar-refractivity contribution >= 4 is 0 Å². The standard InChI is InChI=1S/C15H23N5/c1-3-17-14(6-5-13-7-9-16-10-8-13)11-15-18-12-19-20(15)4-2/h7-10,12,14,17H,3-6,11H2,1-2H3. The van der Waals surface area contributed by atoms with Crippen molar-refractivity contribution in [2.24, 2.45) is 0 Å².